The third-order valence-electron chi connectivity index (χ3n) is 2.32. The zero-order valence-electron chi connectivity index (χ0n) is 9.29. The van der Waals surface area contributed by atoms with Gasteiger partial charge < -0.3 is 15.2 Å². The number of pyridine rings is 1. The smallest absolute Gasteiger partial charge is 0.257 e. The first-order valence-corrected chi connectivity index (χ1v) is 5.20. The molecule has 1 aromatic heterocycles. The summed E-state index contributed by atoms with van der Waals surface area (Å²) in [5, 5.41) is 13.4. The van der Waals surface area contributed by atoms with Gasteiger partial charge in [0.2, 0.25) is 0 Å². The zero-order valence-corrected chi connectivity index (χ0v) is 9.29. The van der Waals surface area contributed by atoms with Crippen LogP contribution in [0.15, 0.2) is 48.8 Å². The van der Waals surface area contributed by atoms with Crippen LogP contribution in [0.1, 0.15) is 20.7 Å². The molecule has 1 N–H and O–H groups in total. The Morgan fingerprint density at radius 3 is 2.56 bits per heavy atom. The van der Waals surface area contributed by atoms with Gasteiger partial charge in [-0.15, -0.1) is 0 Å². The number of carbonyl (C=O) groups excluding carboxylic acids is 2. The molecule has 0 atom stereocenters. The van der Waals surface area contributed by atoms with Crippen LogP contribution < -0.4 is 10.4 Å². The number of carboxylic acids is 1. The fourth-order valence-corrected chi connectivity index (χ4v) is 1.46. The molecule has 0 unspecified atom stereocenters. The number of aromatic carboxylic acids is 1. The minimum Gasteiger partial charge on any atom is -0.545 e. The van der Waals surface area contributed by atoms with Gasteiger partial charge in [0.25, 0.3) is 5.91 Å². The van der Waals surface area contributed by atoms with E-state index in [1.807, 2.05) is 0 Å². The first-order valence-electron chi connectivity index (χ1n) is 5.20. The van der Waals surface area contributed by atoms with Crippen LogP contribution in [0.5, 0.6) is 0 Å². The number of carboxylic acid groups (broad SMARTS) is 1. The van der Waals surface area contributed by atoms with E-state index in [4.69, 9.17) is 0 Å². The molecule has 0 aliphatic rings. The molecule has 0 aliphatic heterocycles. The van der Waals surface area contributed by atoms with Crippen molar-refractivity contribution in [3.8, 4) is 0 Å². The van der Waals surface area contributed by atoms with Gasteiger partial charge in [-0.25, -0.2) is 0 Å². The topological polar surface area (TPSA) is 82.1 Å². The summed E-state index contributed by atoms with van der Waals surface area (Å²) in [7, 11) is 0. The van der Waals surface area contributed by atoms with Gasteiger partial charge >= 0.3 is 0 Å². The van der Waals surface area contributed by atoms with Gasteiger partial charge in [0.05, 0.1) is 17.2 Å². The van der Waals surface area contributed by atoms with Gasteiger partial charge in [-0.2, -0.15) is 0 Å². The molecule has 1 aromatic carbocycles. The molecule has 1 heterocycles. The van der Waals surface area contributed by atoms with E-state index in [1.54, 1.807) is 30.5 Å². The van der Waals surface area contributed by atoms with Crippen molar-refractivity contribution < 1.29 is 14.7 Å². The van der Waals surface area contributed by atoms with Gasteiger partial charge in [-0.05, 0) is 18.2 Å². The summed E-state index contributed by atoms with van der Waals surface area (Å²) in [6, 6.07) is 9.27. The summed E-state index contributed by atoms with van der Waals surface area (Å²) in [6.45, 7) is 0. The second-order valence-corrected chi connectivity index (χ2v) is 3.53. The Morgan fingerprint density at radius 2 is 1.89 bits per heavy atom. The number of hydrogen-bond acceptors (Lipinski definition) is 4. The fourth-order valence-electron chi connectivity index (χ4n) is 1.46. The van der Waals surface area contributed by atoms with Crippen LogP contribution in [0.4, 0.5) is 5.69 Å². The Labute approximate surface area is 103 Å². The van der Waals surface area contributed by atoms with Crippen molar-refractivity contribution in [3.05, 3.63) is 59.9 Å². The zero-order chi connectivity index (χ0) is 13.0. The highest BCUT2D eigenvalue weighted by Crippen LogP contribution is 2.15. The molecule has 2 rings (SSSR count). The van der Waals surface area contributed by atoms with Crippen LogP contribution in [0, 0.1) is 0 Å². The average molecular weight is 241 g/mol. The second-order valence-electron chi connectivity index (χ2n) is 3.53. The van der Waals surface area contributed by atoms with Crippen LogP contribution in [0.3, 0.4) is 0 Å². The molecule has 0 aliphatic carbocycles. The largest absolute Gasteiger partial charge is 0.545 e. The number of amides is 1. The maximum absolute atomic E-state index is 11.8. The predicted molar refractivity (Wildman–Crippen MR) is 63.0 cm³/mol. The van der Waals surface area contributed by atoms with Crippen LogP contribution in [0.2, 0.25) is 0 Å². The first-order chi connectivity index (χ1) is 8.68. The number of anilines is 1. The standard InChI is InChI=1S/C13H10N2O3/c16-12(9-4-3-7-14-8-9)15-11-6-2-1-5-10(11)13(17)18/h1-8H,(H,15,16)(H,17,18)/p-1. The minimum atomic E-state index is -1.34. The van der Waals surface area contributed by atoms with Gasteiger partial charge in [0.15, 0.2) is 0 Å². The molecule has 5 nitrogen and oxygen atoms in total. The van der Waals surface area contributed by atoms with Crippen molar-refractivity contribution in [2.45, 2.75) is 0 Å². The normalized spacial score (nSPS) is 9.78. The molecule has 0 fully saturated rings. The summed E-state index contributed by atoms with van der Waals surface area (Å²) in [4.78, 5) is 26.5. The highest BCUT2D eigenvalue weighted by molar-refractivity contribution is 6.07. The Kier molecular flexibility index (Phi) is 3.33. The number of rotatable bonds is 3. The number of nitrogens with one attached hydrogen (secondary N) is 1. The summed E-state index contributed by atoms with van der Waals surface area (Å²) >= 11 is 0. The van der Waals surface area contributed by atoms with Crippen LogP contribution in [0.25, 0.3) is 0 Å². The lowest BCUT2D eigenvalue weighted by Crippen LogP contribution is -2.24. The van der Waals surface area contributed by atoms with Crippen molar-refractivity contribution in [3.63, 3.8) is 0 Å². The Balaban J connectivity index is 2.25. The van der Waals surface area contributed by atoms with Crippen molar-refractivity contribution in [2.24, 2.45) is 0 Å². The van der Waals surface area contributed by atoms with E-state index < -0.39 is 11.9 Å². The summed E-state index contributed by atoms with van der Waals surface area (Å²) in [6.07, 6.45) is 2.95. The van der Waals surface area contributed by atoms with Crippen LogP contribution in [-0.2, 0) is 0 Å². The number of carbonyl (C=O) groups is 2. The molecule has 90 valence electrons. The molecule has 18 heavy (non-hydrogen) atoms. The highest BCUT2D eigenvalue weighted by atomic mass is 16.4. The maximum Gasteiger partial charge on any atom is 0.257 e. The summed E-state index contributed by atoms with van der Waals surface area (Å²) in [5.74, 6) is -1.76. The fraction of sp³-hybridized carbons (Fsp3) is 0. The Hall–Kier alpha value is -2.69. The number of benzene rings is 1. The average Bonchev–Trinajstić information content (AvgIpc) is 2.40. The molecule has 1 amide bonds. The second kappa shape index (κ2) is 5.09. The first kappa shape index (κ1) is 11.8. The highest BCUT2D eigenvalue weighted by Gasteiger charge is 2.08. The summed E-state index contributed by atoms with van der Waals surface area (Å²) < 4.78 is 0. The SMILES string of the molecule is O=C(Nc1ccccc1C(=O)[O-])c1cccnc1. The molecular weight excluding hydrogens is 232 g/mol. The lowest BCUT2D eigenvalue weighted by molar-refractivity contribution is -0.254. The van der Waals surface area contributed by atoms with Crippen LogP contribution in [-0.4, -0.2) is 16.9 Å². The number of nitrogens with zero attached hydrogens (tertiary/aromatic N) is 1. The van der Waals surface area contributed by atoms with Gasteiger partial charge in [0.1, 0.15) is 0 Å². The Bertz CT molecular complexity index is 582. The third kappa shape index (κ3) is 2.52. The van der Waals surface area contributed by atoms with E-state index in [0.29, 0.717) is 5.56 Å². The van der Waals surface area contributed by atoms with E-state index in [1.165, 1.54) is 18.3 Å². The molecule has 2 aromatic rings. The van der Waals surface area contributed by atoms with Gasteiger partial charge in [0, 0.05) is 18.0 Å². The quantitative estimate of drug-likeness (QED) is 0.857. The lowest BCUT2D eigenvalue weighted by Gasteiger charge is -2.11. The van der Waals surface area contributed by atoms with Gasteiger partial charge in [-0.3, -0.25) is 9.78 Å². The van der Waals surface area contributed by atoms with Gasteiger partial charge in [-0.1, -0.05) is 18.2 Å². The number of para-hydroxylation sites is 1. The Morgan fingerprint density at radius 1 is 1.11 bits per heavy atom. The van der Waals surface area contributed by atoms with E-state index in [9.17, 15) is 14.7 Å². The van der Waals surface area contributed by atoms with E-state index in [2.05, 4.69) is 10.3 Å². The van der Waals surface area contributed by atoms with Crippen molar-refractivity contribution in [1.29, 1.82) is 0 Å². The molecule has 0 radical (unpaired) electrons. The summed E-state index contributed by atoms with van der Waals surface area (Å²) in [5.41, 5.74) is 0.492. The minimum absolute atomic E-state index is 0.0604. The van der Waals surface area contributed by atoms with Crippen molar-refractivity contribution in [2.75, 3.05) is 5.32 Å². The molecule has 0 saturated carbocycles. The van der Waals surface area contributed by atoms with Crippen molar-refractivity contribution in [1.82, 2.24) is 4.98 Å². The van der Waals surface area contributed by atoms with Crippen molar-refractivity contribution >= 4 is 17.6 Å². The number of hydrogen-bond donors (Lipinski definition) is 1. The monoisotopic (exact) mass is 241 g/mol. The van der Waals surface area contributed by atoms with Crippen LogP contribution >= 0.6 is 0 Å². The lowest BCUT2D eigenvalue weighted by atomic mass is 10.1. The molecule has 0 spiro atoms. The number of aromatic nitrogens is 1. The molecular formula is C13H9N2O3-. The van der Waals surface area contributed by atoms with E-state index >= 15 is 0 Å². The maximum atomic E-state index is 11.8. The molecule has 5 heteroatoms. The molecule has 0 saturated heterocycles. The van der Waals surface area contributed by atoms with E-state index in [0.717, 1.165) is 0 Å². The predicted octanol–water partition coefficient (Wildman–Crippen LogP) is 0.697. The van der Waals surface area contributed by atoms with E-state index in [-0.39, 0.29) is 11.3 Å². The molecule has 0 bridgehead atoms. The third-order valence-corrected chi connectivity index (χ3v) is 2.32.